The van der Waals surface area contributed by atoms with Gasteiger partial charge in [0.25, 0.3) is 5.91 Å². The fourth-order valence-electron chi connectivity index (χ4n) is 6.73. The number of ether oxygens (including phenoxy) is 2. The normalized spacial score (nSPS) is 27.9. The van der Waals surface area contributed by atoms with Crippen molar-refractivity contribution in [2.24, 2.45) is 0 Å². The SMILES string of the molecule is CC[C@@]12CCCCc3ccc4c(c3)[C@H](CC(C)(C)O4)NC(=O)c3ccc4c(c3)C(CCO4)N(C(=N)N1)C(=O)C2. The van der Waals surface area contributed by atoms with Crippen molar-refractivity contribution >= 4 is 17.8 Å². The summed E-state index contributed by atoms with van der Waals surface area (Å²) in [6, 6.07) is 11.2. The van der Waals surface area contributed by atoms with Crippen molar-refractivity contribution in [3.63, 3.8) is 0 Å². The fraction of sp³-hybridized carbons (Fsp3) is 0.516. The predicted octanol–water partition coefficient (Wildman–Crippen LogP) is 5.17. The molecule has 5 aliphatic rings. The average molecular weight is 531 g/mol. The summed E-state index contributed by atoms with van der Waals surface area (Å²) in [7, 11) is 0. The molecule has 0 radical (unpaired) electrons. The zero-order valence-electron chi connectivity index (χ0n) is 23.1. The number of carbonyl (C=O) groups is 2. The van der Waals surface area contributed by atoms with Crippen LogP contribution in [0.1, 0.15) is 105 Å². The summed E-state index contributed by atoms with van der Waals surface area (Å²) >= 11 is 0. The molecule has 0 spiro atoms. The van der Waals surface area contributed by atoms with Gasteiger partial charge >= 0.3 is 0 Å². The van der Waals surface area contributed by atoms with Crippen LogP contribution in [0.4, 0.5) is 0 Å². The second-order valence-electron chi connectivity index (χ2n) is 12.1. The van der Waals surface area contributed by atoms with Gasteiger partial charge in [0, 0.05) is 35.1 Å². The van der Waals surface area contributed by atoms with E-state index >= 15 is 0 Å². The summed E-state index contributed by atoms with van der Waals surface area (Å²) in [5.41, 5.74) is 2.70. The Kier molecular flexibility index (Phi) is 6.31. The Balaban J connectivity index is 1.42. The maximum absolute atomic E-state index is 13.6. The maximum atomic E-state index is 13.6. The summed E-state index contributed by atoms with van der Waals surface area (Å²) in [5.74, 6) is 1.41. The third-order valence-corrected chi connectivity index (χ3v) is 8.86. The van der Waals surface area contributed by atoms with Crippen LogP contribution in [0.15, 0.2) is 36.4 Å². The first-order chi connectivity index (χ1) is 18.7. The minimum Gasteiger partial charge on any atom is -0.493 e. The molecule has 2 aromatic carbocycles. The van der Waals surface area contributed by atoms with E-state index in [4.69, 9.17) is 14.9 Å². The Hall–Kier alpha value is -3.55. The van der Waals surface area contributed by atoms with Crippen molar-refractivity contribution in [3.8, 4) is 11.5 Å². The molecule has 39 heavy (non-hydrogen) atoms. The molecule has 0 aliphatic carbocycles. The highest BCUT2D eigenvalue weighted by atomic mass is 16.5. The van der Waals surface area contributed by atoms with Crippen LogP contribution in [0.3, 0.4) is 0 Å². The van der Waals surface area contributed by atoms with Gasteiger partial charge in [-0.1, -0.05) is 25.5 Å². The first kappa shape index (κ1) is 25.7. The molecule has 5 heterocycles. The highest BCUT2D eigenvalue weighted by Gasteiger charge is 2.44. The van der Waals surface area contributed by atoms with E-state index in [1.807, 2.05) is 18.2 Å². The lowest BCUT2D eigenvalue weighted by atomic mass is 9.83. The topological polar surface area (TPSA) is 104 Å². The number of benzene rings is 2. The van der Waals surface area contributed by atoms with E-state index in [2.05, 4.69) is 43.5 Å². The molecule has 1 unspecified atom stereocenters. The second-order valence-corrected chi connectivity index (χ2v) is 12.1. The van der Waals surface area contributed by atoms with Crippen molar-refractivity contribution in [1.82, 2.24) is 15.5 Å². The highest BCUT2D eigenvalue weighted by Crippen LogP contribution is 2.42. The van der Waals surface area contributed by atoms with Gasteiger partial charge in [-0.3, -0.25) is 19.9 Å². The molecule has 1 fully saturated rings. The minimum absolute atomic E-state index is 0.0425. The van der Waals surface area contributed by atoms with Crippen LogP contribution in [0.2, 0.25) is 0 Å². The average Bonchev–Trinajstić information content (AvgIpc) is 2.90. The zero-order valence-corrected chi connectivity index (χ0v) is 23.1. The molecule has 0 saturated carbocycles. The number of carbonyl (C=O) groups excluding carboxylic acids is 2. The van der Waals surface area contributed by atoms with Crippen LogP contribution >= 0.6 is 0 Å². The Morgan fingerprint density at radius 3 is 2.69 bits per heavy atom. The molecular formula is C31H38N4O4. The van der Waals surface area contributed by atoms with Crippen LogP contribution in [0, 0.1) is 5.41 Å². The van der Waals surface area contributed by atoms with E-state index in [0.29, 0.717) is 37.2 Å². The van der Waals surface area contributed by atoms with E-state index in [1.54, 1.807) is 11.0 Å². The van der Waals surface area contributed by atoms with E-state index in [9.17, 15) is 9.59 Å². The van der Waals surface area contributed by atoms with Crippen LogP contribution in [-0.4, -0.2) is 40.4 Å². The van der Waals surface area contributed by atoms with E-state index in [0.717, 1.165) is 49.0 Å². The maximum Gasteiger partial charge on any atom is 0.251 e. The van der Waals surface area contributed by atoms with E-state index < -0.39 is 11.1 Å². The Labute approximate surface area is 229 Å². The summed E-state index contributed by atoms with van der Waals surface area (Å²) in [4.78, 5) is 28.8. The molecular weight excluding hydrogens is 492 g/mol. The van der Waals surface area contributed by atoms with Gasteiger partial charge in [-0.2, -0.15) is 0 Å². The summed E-state index contributed by atoms with van der Waals surface area (Å²) in [6.07, 6.45) is 6.02. The molecule has 206 valence electrons. The first-order valence-corrected chi connectivity index (χ1v) is 14.3. The lowest BCUT2D eigenvalue weighted by Crippen LogP contribution is -2.63. The number of nitrogens with zero attached hydrogens (tertiary/aromatic N) is 1. The summed E-state index contributed by atoms with van der Waals surface area (Å²) < 4.78 is 12.2. The van der Waals surface area contributed by atoms with Crippen LogP contribution in [-0.2, 0) is 11.2 Å². The molecule has 5 aliphatic heterocycles. The van der Waals surface area contributed by atoms with Gasteiger partial charge < -0.3 is 20.1 Å². The largest absolute Gasteiger partial charge is 0.493 e. The van der Waals surface area contributed by atoms with Crippen LogP contribution < -0.4 is 20.1 Å². The van der Waals surface area contributed by atoms with Crippen molar-refractivity contribution < 1.29 is 19.1 Å². The number of rotatable bonds is 1. The molecule has 3 N–H and O–H groups in total. The Morgan fingerprint density at radius 1 is 1.08 bits per heavy atom. The molecule has 8 heteroatoms. The third-order valence-electron chi connectivity index (χ3n) is 8.86. The fourth-order valence-corrected chi connectivity index (χ4v) is 6.73. The lowest BCUT2D eigenvalue weighted by Gasteiger charge is -2.46. The van der Waals surface area contributed by atoms with Crippen LogP contribution in [0.5, 0.6) is 11.5 Å². The number of hydrogen-bond donors (Lipinski definition) is 3. The summed E-state index contributed by atoms with van der Waals surface area (Å²) in [5, 5.41) is 15.6. The van der Waals surface area contributed by atoms with Gasteiger partial charge in [-0.15, -0.1) is 0 Å². The van der Waals surface area contributed by atoms with Crippen molar-refractivity contribution in [1.29, 1.82) is 5.41 Å². The molecule has 3 atom stereocenters. The molecule has 7 rings (SSSR count). The minimum atomic E-state index is -0.411. The van der Waals surface area contributed by atoms with Gasteiger partial charge in [0.15, 0.2) is 5.96 Å². The van der Waals surface area contributed by atoms with Gasteiger partial charge in [0.2, 0.25) is 5.91 Å². The number of amides is 2. The summed E-state index contributed by atoms with van der Waals surface area (Å²) in [6.45, 7) is 6.65. The molecule has 1 saturated heterocycles. The first-order valence-electron chi connectivity index (χ1n) is 14.3. The Morgan fingerprint density at radius 2 is 1.90 bits per heavy atom. The predicted molar refractivity (Wildman–Crippen MR) is 148 cm³/mol. The highest BCUT2D eigenvalue weighted by molar-refractivity contribution is 6.00. The molecule has 8 nitrogen and oxygen atoms in total. The molecule has 0 aromatic heterocycles. The number of nitrogens with one attached hydrogen (secondary N) is 3. The van der Waals surface area contributed by atoms with Crippen molar-refractivity contribution in [2.75, 3.05) is 6.61 Å². The zero-order chi connectivity index (χ0) is 27.4. The van der Waals surface area contributed by atoms with Crippen molar-refractivity contribution in [3.05, 3.63) is 58.7 Å². The smallest absolute Gasteiger partial charge is 0.251 e. The van der Waals surface area contributed by atoms with Gasteiger partial charge in [0.1, 0.15) is 17.1 Å². The van der Waals surface area contributed by atoms with E-state index in [-0.39, 0.29) is 29.9 Å². The van der Waals surface area contributed by atoms with Gasteiger partial charge in [-0.25, -0.2) is 0 Å². The lowest BCUT2D eigenvalue weighted by molar-refractivity contribution is -0.133. The van der Waals surface area contributed by atoms with Crippen molar-refractivity contribution in [2.45, 2.75) is 95.4 Å². The third kappa shape index (κ3) is 4.74. The standard InChI is InChI=1S/C31H38N4O4/c1-4-31-13-6-5-7-19-8-10-26-21(15-19)23(17-30(2,3)39-26)33-28(37)20-9-11-25-22(16-20)24(12-14-38-25)35(27(36)18-31)29(32)34-31/h8-11,15-16,23-24H,4-7,12-14,17-18H2,1-3H3,(H2,32,34)(H,33,37)/t23-,24?,31-/m0/s1. The number of fused-ring (bicyclic) bond motifs is 6. The molecule has 2 amide bonds. The second kappa shape index (κ2) is 9.57. The monoisotopic (exact) mass is 530 g/mol. The Bertz CT molecular complexity index is 1320. The molecule has 6 bridgehead atoms. The number of guanidine groups is 1. The van der Waals surface area contributed by atoms with Crippen LogP contribution in [0.25, 0.3) is 0 Å². The van der Waals surface area contributed by atoms with Gasteiger partial charge in [0.05, 0.1) is 25.1 Å². The number of hydrogen-bond acceptors (Lipinski definition) is 5. The molecule has 2 aromatic rings. The van der Waals surface area contributed by atoms with Gasteiger partial charge in [-0.05, 0) is 69.4 Å². The van der Waals surface area contributed by atoms with E-state index in [1.165, 1.54) is 5.56 Å². The quantitative estimate of drug-likeness (QED) is 0.472. The number of aryl methyl sites for hydroxylation is 1.